The number of fused-ring (bicyclic) bond motifs is 1. The fourth-order valence-corrected chi connectivity index (χ4v) is 2.78. The molecular weight excluding hydrogens is 286 g/mol. The number of benzene rings is 2. The average molecular weight is 307 g/mol. The van der Waals surface area contributed by atoms with Gasteiger partial charge in [0, 0.05) is 17.1 Å². The van der Waals surface area contributed by atoms with Gasteiger partial charge in [0.15, 0.2) is 0 Å². The Kier molecular flexibility index (Phi) is 4.44. The quantitative estimate of drug-likeness (QED) is 0.678. The molecule has 1 amide bonds. The lowest BCUT2D eigenvalue weighted by molar-refractivity contribution is -0.123. The Hall–Kier alpha value is -2.59. The van der Waals surface area contributed by atoms with E-state index in [1.807, 2.05) is 67.7 Å². The first kappa shape index (κ1) is 15.3. The lowest BCUT2D eigenvalue weighted by Gasteiger charge is -2.17. The molecule has 0 bridgehead atoms. The molecule has 0 radical (unpaired) electrons. The highest BCUT2D eigenvalue weighted by Crippen LogP contribution is 2.19. The highest BCUT2D eigenvalue weighted by molar-refractivity contribution is 5.86. The van der Waals surface area contributed by atoms with Crippen molar-refractivity contribution < 1.29 is 4.79 Å². The number of carbonyl (C=O) groups excluding carboxylic acids is 1. The van der Waals surface area contributed by atoms with Crippen LogP contribution in [0.3, 0.4) is 0 Å². The van der Waals surface area contributed by atoms with Gasteiger partial charge in [-0.25, -0.2) is 0 Å². The molecule has 0 saturated carbocycles. The number of H-pyrrole nitrogens is 1. The summed E-state index contributed by atoms with van der Waals surface area (Å²) in [5.41, 5.74) is 9.30. The molecule has 4 nitrogen and oxygen atoms in total. The summed E-state index contributed by atoms with van der Waals surface area (Å²) in [6.07, 6.45) is 2.44. The molecule has 4 N–H and O–H groups in total. The molecule has 0 spiro atoms. The van der Waals surface area contributed by atoms with Crippen molar-refractivity contribution in [2.45, 2.75) is 25.4 Å². The van der Waals surface area contributed by atoms with Crippen LogP contribution in [0, 0.1) is 0 Å². The molecule has 0 aliphatic rings. The predicted molar refractivity (Wildman–Crippen MR) is 93.0 cm³/mol. The largest absolute Gasteiger partial charge is 0.361 e. The van der Waals surface area contributed by atoms with Crippen molar-refractivity contribution in [3.8, 4) is 0 Å². The molecular formula is C19H21N3O. The smallest absolute Gasteiger partial charge is 0.237 e. The Morgan fingerprint density at radius 3 is 2.61 bits per heavy atom. The molecule has 2 aromatic carbocycles. The van der Waals surface area contributed by atoms with E-state index < -0.39 is 6.04 Å². The van der Waals surface area contributed by atoms with Crippen LogP contribution in [-0.2, 0) is 11.2 Å². The number of rotatable bonds is 5. The highest BCUT2D eigenvalue weighted by Gasteiger charge is 2.18. The van der Waals surface area contributed by atoms with Crippen LogP contribution < -0.4 is 11.1 Å². The van der Waals surface area contributed by atoms with Crippen LogP contribution in [0.25, 0.3) is 10.9 Å². The number of amides is 1. The normalized spacial score (nSPS) is 13.7. The van der Waals surface area contributed by atoms with E-state index in [2.05, 4.69) is 10.3 Å². The van der Waals surface area contributed by atoms with Crippen LogP contribution in [0.5, 0.6) is 0 Å². The van der Waals surface area contributed by atoms with Crippen LogP contribution in [0.4, 0.5) is 0 Å². The summed E-state index contributed by atoms with van der Waals surface area (Å²) in [5, 5.41) is 4.10. The van der Waals surface area contributed by atoms with Crippen molar-refractivity contribution >= 4 is 16.8 Å². The van der Waals surface area contributed by atoms with E-state index in [1.165, 1.54) is 0 Å². The van der Waals surface area contributed by atoms with Gasteiger partial charge in [-0.3, -0.25) is 4.79 Å². The topological polar surface area (TPSA) is 70.9 Å². The Labute approximate surface area is 135 Å². The van der Waals surface area contributed by atoms with E-state index >= 15 is 0 Å². The van der Waals surface area contributed by atoms with E-state index in [1.54, 1.807) is 0 Å². The molecule has 2 atom stereocenters. The minimum Gasteiger partial charge on any atom is -0.361 e. The SMILES string of the molecule is CC(NC(=O)C(N)Cc1c[nH]c2ccccc12)c1ccccc1. The van der Waals surface area contributed by atoms with Crippen molar-refractivity contribution in [1.29, 1.82) is 0 Å². The minimum atomic E-state index is -0.569. The summed E-state index contributed by atoms with van der Waals surface area (Å²) < 4.78 is 0. The monoisotopic (exact) mass is 307 g/mol. The number of aromatic amines is 1. The fraction of sp³-hybridized carbons (Fsp3) is 0.211. The summed E-state index contributed by atoms with van der Waals surface area (Å²) >= 11 is 0. The van der Waals surface area contributed by atoms with Crippen LogP contribution in [0.2, 0.25) is 0 Å². The first-order chi connectivity index (χ1) is 11.1. The van der Waals surface area contributed by atoms with Gasteiger partial charge in [0.2, 0.25) is 5.91 Å². The van der Waals surface area contributed by atoms with Gasteiger partial charge in [0.05, 0.1) is 12.1 Å². The Balaban J connectivity index is 1.66. The molecule has 1 aromatic heterocycles. The first-order valence-electron chi connectivity index (χ1n) is 7.81. The maximum atomic E-state index is 12.3. The molecule has 23 heavy (non-hydrogen) atoms. The standard InChI is InChI=1S/C19H21N3O/c1-13(14-7-3-2-4-8-14)22-19(23)17(20)11-15-12-21-18-10-6-5-9-16(15)18/h2-10,12-13,17,21H,11,20H2,1H3,(H,22,23). The number of nitrogens with one attached hydrogen (secondary N) is 2. The number of hydrogen-bond donors (Lipinski definition) is 3. The zero-order valence-corrected chi connectivity index (χ0v) is 13.1. The van der Waals surface area contributed by atoms with E-state index in [0.717, 1.165) is 22.0 Å². The van der Waals surface area contributed by atoms with Crippen LogP contribution in [0.15, 0.2) is 60.8 Å². The summed E-state index contributed by atoms with van der Waals surface area (Å²) in [6.45, 7) is 1.96. The maximum Gasteiger partial charge on any atom is 0.237 e. The maximum absolute atomic E-state index is 12.3. The van der Waals surface area contributed by atoms with Crippen molar-refractivity contribution in [2.24, 2.45) is 5.73 Å². The minimum absolute atomic E-state index is 0.0577. The lowest BCUT2D eigenvalue weighted by Crippen LogP contribution is -2.42. The van der Waals surface area contributed by atoms with E-state index in [9.17, 15) is 4.79 Å². The number of aromatic nitrogens is 1. The van der Waals surface area contributed by atoms with Gasteiger partial charge in [-0.15, -0.1) is 0 Å². The van der Waals surface area contributed by atoms with Crippen LogP contribution >= 0.6 is 0 Å². The van der Waals surface area contributed by atoms with Gasteiger partial charge in [-0.2, -0.15) is 0 Å². The summed E-state index contributed by atoms with van der Waals surface area (Å²) in [6, 6.07) is 17.3. The first-order valence-corrected chi connectivity index (χ1v) is 7.81. The average Bonchev–Trinajstić information content (AvgIpc) is 2.98. The van der Waals surface area contributed by atoms with Crippen LogP contribution in [0.1, 0.15) is 24.1 Å². The third-order valence-corrected chi connectivity index (χ3v) is 4.11. The number of para-hydroxylation sites is 1. The molecule has 3 rings (SSSR count). The van der Waals surface area contributed by atoms with Crippen molar-refractivity contribution in [2.75, 3.05) is 0 Å². The Morgan fingerprint density at radius 2 is 1.83 bits per heavy atom. The Morgan fingerprint density at radius 1 is 1.13 bits per heavy atom. The molecule has 0 saturated heterocycles. The molecule has 2 unspecified atom stereocenters. The molecule has 0 aliphatic carbocycles. The van der Waals surface area contributed by atoms with Gasteiger partial charge in [-0.1, -0.05) is 48.5 Å². The fourth-order valence-electron chi connectivity index (χ4n) is 2.78. The van der Waals surface area contributed by atoms with E-state index in [4.69, 9.17) is 5.73 Å². The lowest BCUT2D eigenvalue weighted by atomic mass is 10.0. The van der Waals surface area contributed by atoms with Crippen molar-refractivity contribution in [1.82, 2.24) is 10.3 Å². The molecule has 3 aromatic rings. The molecule has 1 heterocycles. The third kappa shape index (κ3) is 3.43. The summed E-state index contributed by atoms with van der Waals surface area (Å²) in [5.74, 6) is -0.133. The number of hydrogen-bond acceptors (Lipinski definition) is 2. The summed E-state index contributed by atoms with van der Waals surface area (Å²) in [4.78, 5) is 15.6. The van der Waals surface area contributed by atoms with Crippen LogP contribution in [-0.4, -0.2) is 16.9 Å². The number of carbonyl (C=O) groups is 1. The molecule has 0 aliphatic heterocycles. The van der Waals surface area contributed by atoms with Gasteiger partial charge in [-0.05, 0) is 30.5 Å². The third-order valence-electron chi connectivity index (χ3n) is 4.11. The molecule has 4 heteroatoms. The van der Waals surface area contributed by atoms with Gasteiger partial charge in [0.25, 0.3) is 0 Å². The Bertz CT molecular complexity index is 794. The molecule has 0 fully saturated rings. The van der Waals surface area contributed by atoms with Crippen molar-refractivity contribution in [3.63, 3.8) is 0 Å². The predicted octanol–water partition coefficient (Wildman–Crippen LogP) is 2.92. The zero-order chi connectivity index (χ0) is 16.2. The highest BCUT2D eigenvalue weighted by atomic mass is 16.2. The molecule has 118 valence electrons. The van der Waals surface area contributed by atoms with Gasteiger partial charge in [0.1, 0.15) is 0 Å². The van der Waals surface area contributed by atoms with E-state index in [-0.39, 0.29) is 11.9 Å². The number of nitrogens with two attached hydrogens (primary N) is 1. The van der Waals surface area contributed by atoms with Gasteiger partial charge < -0.3 is 16.0 Å². The summed E-state index contributed by atoms with van der Waals surface area (Å²) in [7, 11) is 0. The van der Waals surface area contributed by atoms with Gasteiger partial charge >= 0.3 is 0 Å². The second kappa shape index (κ2) is 6.67. The van der Waals surface area contributed by atoms with E-state index in [0.29, 0.717) is 6.42 Å². The second-order valence-corrected chi connectivity index (χ2v) is 5.81. The zero-order valence-electron chi connectivity index (χ0n) is 13.1. The van der Waals surface area contributed by atoms with Crippen molar-refractivity contribution in [3.05, 3.63) is 71.9 Å². The second-order valence-electron chi connectivity index (χ2n) is 5.81.